The average Bonchev–Trinajstić information content (AvgIpc) is 2.65. The molecule has 1 N–H and O–H groups in total. The SMILES string of the molecule is CC(C)c1ccc(CN2CCCC(O)(CN3CCC4(CCO4)CC3)C2=O)cc1. The highest BCUT2D eigenvalue weighted by atomic mass is 16.5. The van der Waals surface area contributed by atoms with Crippen molar-refractivity contribution >= 4 is 5.91 Å². The second-order valence-corrected chi connectivity index (χ2v) is 9.32. The molecule has 1 aromatic carbocycles. The number of piperidine rings is 2. The number of rotatable bonds is 5. The predicted molar refractivity (Wildman–Crippen MR) is 109 cm³/mol. The van der Waals surface area contributed by atoms with Gasteiger partial charge in [0.2, 0.25) is 0 Å². The lowest BCUT2D eigenvalue weighted by Crippen LogP contribution is -2.60. The van der Waals surface area contributed by atoms with E-state index in [1.807, 2.05) is 4.90 Å². The zero-order valence-electron chi connectivity index (χ0n) is 17.3. The summed E-state index contributed by atoms with van der Waals surface area (Å²) >= 11 is 0. The Bertz CT molecular complexity index is 688. The summed E-state index contributed by atoms with van der Waals surface area (Å²) in [7, 11) is 0. The van der Waals surface area contributed by atoms with Crippen LogP contribution in [0.25, 0.3) is 0 Å². The highest BCUT2D eigenvalue weighted by molar-refractivity contribution is 5.86. The van der Waals surface area contributed by atoms with Crippen molar-refractivity contribution in [3.8, 4) is 0 Å². The van der Waals surface area contributed by atoms with Crippen molar-refractivity contribution in [1.29, 1.82) is 0 Å². The molecule has 0 saturated carbocycles. The van der Waals surface area contributed by atoms with Crippen LogP contribution in [-0.4, -0.2) is 64.8 Å². The maximum atomic E-state index is 13.1. The molecule has 5 heteroatoms. The zero-order valence-corrected chi connectivity index (χ0v) is 17.3. The Morgan fingerprint density at radius 2 is 1.75 bits per heavy atom. The smallest absolute Gasteiger partial charge is 0.256 e. The lowest BCUT2D eigenvalue weighted by molar-refractivity contribution is -0.180. The Kier molecular flexibility index (Phi) is 5.51. The van der Waals surface area contributed by atoms with Gasteiger partial charge in [-0.3, -0.25) is 9.69 Å². The van der Waals surface area contributed by atoms with E-state index >= 15 is 0 Å². The number of carbonyl (C=O) groups is 1. The molecule has 0 radical (unpaired) electrons. The number of aliphatic hydroxyl groups is 1. The van der Waals surface area contributed by atoms with Crippen LogP contribution in [0.4, 0.5) is 0 Å². The van der Waals surface area contributed by atoms with Gasteiger partial charge in [0, 0.05) is 32.7 Å². The number of hydrogen-bond donors (Lipinski definition) is 1. The lowest BCUT2D eigenvalue weighted by Gasteiger charge is -2.49. The number of likely N-dealkylation sites (tertiary alicyclic amines) is 2. The van der Waals surface area contributed by atoms with Gasteiger partial charge in [-0.1, -0.05) is 38.1 Å². The molecular formula is C23H34N2O3. The van der Waals surface area contributed by atoms with Crippen LogP contribution in [0, 0.1) is 0 Å². The Hall–Kier alpha value is -1.43. The molecule has 3 aliphatic heterocycles. The number of β-amino-alcohol motifs (C(OH)–C–C–N with tert-alkyl or cyclic N) is 1. The van der Waals surface area contributed by atoms with E-state index in [0.717, 1.165) is 57.5 Å². The third kappa shape index (κ3) is 3.98. The van der Waals surface area contributed by atoms with Crippen molar-refractivity contribution in [3.63, 3.8) is 0 Å². The minimum absolute atomic E-state index is 0.101. The average molecular weight is 387 g/mol. The maximum Gasteiger partial charge on any atom is 0.256 e. The van der Waals surface area contributed by atoms with Crippen molar-refractivity contribution in [1.82, 2.24) is 9.80 Å². The van der Waals surface area contributed by atoms with Gasteiger partial charge in [-0.15, -0.1) is 0 Å². The predicted octanol–water partition coefficient (Wildman–Crippen LogP) is 2.92. The summed E-state index contributed by atoms with van der Waals surface area (Å²) in [6, 6.07) is 8.51. The molecule has 0 aromatic heterocycles. The van der Waals surface area contributed by atoms with Gasteiger partial charge in [-0.05, 0) is 49.1 Å². The first-order chi connectivity index (χ1) is 13.4. The van der Waals surface area contributed by atoms with Crippen LogP contribution in [0.1, 0.15) is 63.0 Å². The van der Waals surface area contributed by atoms with Gasteiger partial charge in [0.1, 0.15) is 0 Å². The van der Waals surface area contributed by atoms with E-state index in [9.17, 15) is 9.90 Å². The van der Waals surface area contributed by atoms with E-state index in [2.05, 4.69) is 43.0 Å². The fourth-order valence-electron chi connectivity index (χ4n) is 4.86. The van der Waals surface area contributed by atoms with E-state index in [4.69, 9.17) is 4.74 Å². The van der Waals surface area contributed by atoms with Crippen LogP contribution in [0.5, 0.6) is 0 Å². The quantitative estimate of drug-likeness (QED) is 0.845. The van der Waals surface area contributed by atoms with Gasteiger partial charge in [-0.25, -0.2) is 0 Å². The lowest BCUT2D eigenvalue weighted by atomic mass is 9.83. The van der Waals surface area contributed by atoms with Crippen molar-refractivity contribution in [2.75, 3.05) is 32.8 Å². The van der Waals surface area contributed by atoms with Gasteiger partial charge in [-0.2, -0.15) is 0 Å². The first kappa shape index (κ1) is 19.9. The zero-order chi connectivity index (χ0) is 19.8. The van der Waals surface area contributed by atoms with Gasteiger partial charge in [0.05, 0.1) is 12.2 Å². The second-order valence-electron chi connectivity index (χ2n) is 9.32. The molecule has 3 saturated heterocycles. The molecule has 5 nitrogen and oxygen atoms in total. The van der Waals surface area contributed by atoms with Crippen LogP contribution in [-0.2, 0) is 16.1 Å². The Labute approximate surface area is 168 Å². The summed E-state index contributed by atoms with van der Waals surface area (Å²) in [5.74, 6) is 0.400. The molecule has 1 atom stereocenters. The van der Waals surface area contributed by atoms with Gasteiger partial charge in [0.25, 0.3) is 5.91 Å². The number of benzene rings is 1. The van der Waals surface area contributed by atoms with Gasteiger partial charge >= 0.3 is 0 Å². The van der Waals surface area contributed by atoms with Crippen LogP contribution in [0.15, 0.2) is 24.3 Å². The molecule has 1 unspecified atom stereocenters. The minimum atomic E-state index is -1.25. The van der Waals surface area contributed by atoms with E-state index < -0.39 is 5.60 Å². The molecule has 0 bridgehead atoms. The third-order valence-electron chi connectivity index (χ3n) is 6.94. The van der Waals surface area contributed by atoms with Crippen molar-refractivity contribution < 1.29 is 14.6 Å². The van der Waals surface area contributed by atoms with E-state index in [0.29, 0.717) is 25.4 Å². The number of hydrogen-bond acceptors (Lipinski definition) is 4. The molecule has 1 amide bonds. The minimum Gasteiger partial charge on any atom is -0.379 e. The van der Waals surface area contributed by atoms with Crippen LogP contribution in [0.3, 0.4) is 0 Å². The molecular weight excluding hydrogens is 352 g/mol. The van der Waals surface area contributed by atoms with E-state index in [1.165, 1.54) is 5.56 Å². The first-order valence-electron chi connectivity index (χ1n) is 10.9. The summed E-state index contributed by atoms with van der Waals surface area (Å²) < 4.78 is 5.79. The largest absolute Gasteiger partial charge is 0.379 e. The summed E-state index contributed by atoms with van der Waals surface area (Å²) in [6.45, 7) is 8.82. The van der Waals surface area contributed by atoms with Crippen molar-refractivity contribution in [3.05, 3.63) is 35.4 Å². The standard InChI is InChI=1S/C23H34N2O3/c1-18(2)20-6-4-19(5-7-20)16-25-12-3-8-23(27,21(25)26)17-24-13-9-22(10-14-24)11-15-28-22/h4-7,18,27H,3,8-17H2,1-2H3. The van der Waals surface area contributed by atoms with Crippen molar-refractivity contribution in [2.45, 2.75) is 69.6 Å². The fraction of sp³-hybridized carbons (Fsp3) is 0.696. The summed E-state index contributed by atoms with van der Waals surface area (Å²) in [6.07, 6.45) is 4.61. The topological polar surface area (TPSA) is 53.0 Å². The first-order valence-corrected chi connectivity index (χ1v) is 10.9. The van der Waals surface area contributed by atoms with Crippen LogP contribution < -0.4 is 0 Å². The molecule has 3 heterocycles. The Morgan fingerprint density at radius 3 is 2.32 bits per heavy atom. The highest BCUT2D eigenvalue weighted by Gasteiger charge is 2.46. The Balaban J connectivity index is 1.36. The van der Waals surface area contributed by atoms with Crippen LogP contribution >= 0.6 is 0 Å². The molecule has 0 aliphatic carbocycles. The number of amides is 1. The number of carbonyl (C=O) groups excluding carboxylic acids is 1. The molecule has 28 heavy (non-hydrogen) atoms. The van der Waals surface area contributed by atoms with E-state index in [-0.39, 0.29) is 11.5 Å². The summed E-state index contributed by atoms with van der Waals surface area (Å²) in [5.41, 5.74) is 1.29. The van der Waals surface area contributed by atoms with Gasteiger partial charge in [0.15, 0.2) is 5.60 Å². The second kappa shape index (κ2) is 7.77. The molecule has 3 aliphatic rings. The summed E-state index contributed by atoms with van der Waals surface area (Å²) in [5, 5.41) is 11.2. The molecule has 4 rings (SSSR count). The monoisotopic (exact) mass is 386 g/mol. The van der Waals surface area contributed by atoms with Crippen LogP contribution in [0.2, 0.25) is 0 Å². The molecule has 3 fully saturated rings. The molecule has 154 valence electrons. The summed E-state index contributed by atoms with van der Waals surface area (Å²) in [4.78, 5) is 17.2. The highest BCUT2D eigenvalue weighted by Crippen LogP contribution is 2.37. The van der Waals surface area contributed by atoms with Crippen molar-refractivity contribution in [2.24, 2.45) is 0 Å². The normalized spacial score (nSPS) is 28.0. The fourth-order valence-corrected chi connectivity index (χ4v) is 4.86. The number of ether oxygens (including phenoxy) is 1. The Morgan fingerprint density at radius 1 is 1.07 bits per heavy atom. The van der Waals surface area contributed by atoms with E-state index in [1.54, 1.807) is 0 Å². The third-order valence-corrected chi connectivity index (χ3v) is 6.94. The molecule has 1 aromatic rings. The maximum absolute atomic E-state index is 13.1. The number of nitrogens with zero attached hydrogens (tertiary/aromatic N) is 2. The molecule has 1 spiro atoms. The van der Waals surface area contributed by atoms with Gasteiger partial charge < -0.3 is 14.7 Å².